The van der Waals surface area contributed by atoms with E-state index in [0.717, 1.165) is 19.5 Å². The first-order valence-electron chi connectivity index (χ1n) is 6.25. The fourth-order valence-corrected chi connectivity index (χ4v) is 1.21. The number of allylic oxidation sites excluding steroid dienone is 8. The Bertz CT molecular complexity index is 373. The molecule has 0 aliphatic heterocycles. The second-order valence-electron chi connectivity index (χ2n) is 3.84. The van der Waals surface area contributed by atoms with Gasteiger partial charge in [0.2, 0.25) is 0 Å². The van der Waals surface area contributed by atoms with Gasteiger partial charge in [0, 0.05) is 6.54 Å². The summed E-state index contributed by atoms with van der Waals surface area (Å²) in [5.41, 5.74) is 1.33. The van der Waals surface area contributed by atoms with E-state index in [-0.39, 0.29) is 0 Å². The number of nitrogens with one attached hydrogen (secondary N) is 1. The molecule has 0 saturated carbocycles. The number of terminal acetylenes is 1. The molecule has 1 heteroatoms. The summed E-state index contributed by atoms with van der Waals surface area (Å²) >= 11 is 0. The maximum Gasteiger partial charge on any atom is 0.0165 e. The molecule has 0 heterocycles. The predicted molar refractivity (Wildman–Crippen MR) is 82.3 cm³/mol. The normalized spacial score (nSPS) is 13.3. The highest BCUT2D eigenvalue weighted by Gasteiger charge is 1.86. The van der Waals surface area contributed by atoms with Crippen molar-refractivity contribution in [2.24, 2.45) is 0 Å². The maximum atomic E-state index is 5.08. The third kappa shape index (κ3) is 12.3. The van der Waals surface area contributed by atoms with Gasteiger partial charge in [0.25, 0.3) is 0 Å². The van der Waals surface area contributed by atoms with Gasteiger partial charge in [-0.25, -0.2) is 0 Å². The second kappa shape index (κ2) is 13.3. The summed E-state index contributed by atoms with van der Waals surface area (Å²) in [6, 6.07) is 0. The second-order valence-corrected chi connectivity index (χ2v) is 3.84. The topological polar surface area (TPSA) is 12.0 Å². The van der Waals surface area contributed by atoms with Crippen molar-refractivity contribution in [3.05, 3.63) is 60.3 Å². The van der Waals surface area contributed by atoms with Crippen molar-refractivity contribution in [3.63, 3.8) is 0 Å². The zero-order chi connectivity index (χ0) is 13.5. The highest BCUT2D eigenvalue weighted by atomic mass is 14.8. The van der Waals surface area contributed by atoms with E-state index in [1.165, 1.54) is 5.57 Å². The number of rotatable bonds is 8. The lowest BCUT2D eigenvalue weighted by molar-refractivity contribution is 0.738. The van der Waals surface area contributed by atoms with Gasteiger partial charge in [0.15, 0.2) is 0 Å². The first kappa shape index (κ1) is 16.2. The molecule has 0 aromatic rings. The van der Waals surface area contributed by atoms with Crippen LogP contribution in [0.5, 0.6) is 0 Å². The fraction of sp³-hybridized carbons (Fsp3) is 0.294. The Balaban J connectivity index is 3.63. The van der Waals surface area contributed by atoms with E-state index >= 15 is 0 Å². The minimum atomic E-state index is 0.925. The molecule has 18 heavy (non-hydrogen) atoms. The number of hydrogen-bond donors (Lipinski definition) is 1. The van der Waals surface area contributed by atoms with Crippen molar-refractivity contribution in [1.82, 2.24) is 5.32 Å². The van der Waals surface area contributed by atoms with Crippen LogP contribution in [-0.2, 0) is 0 Å². The average Bonchev–Trinajstić information content (AvgIpc) is 2.38. The van der Waals surface area contributed by atoms with Crippen LogP contribution in [0.15, 0.2) is 60.3 Å². The minimum absolute atomic E-state index is 0.925. The maximum absolute atomic E-state index is 5.08. The molecule has 0 aliphatic carbocycles. The molecule has 0 unspecified atom stereocenters. The third-order valence-electron chi connectivity index (χ3n) is 2.13. The molecule has 1 N–H and O–H groups in total. The van der Waals surface area contributed by atoms with Gasteiger partial charge in [0.1, 0.15) is 0 Å². The van der Waals surface area contributed by atoms with E-state index in [0.29, 0.717) is 0 Å². The molecule has 0 bridgehead atoms. The van der Waals surface area contributed by atoms with Crippen LogP contribution in [0.25, 0.3) is 0 Å². The Morgan fingerprint density at radius 2 is 2.00 bits per heavy atom. The summed E-state index contributed by atoms with van der Waals surface area (Å²) in [7, 11) is 0. The van der Waals surface area contributed by atoms with E-state index in [1.54, 1.807) is 6.08 Å². The molecule has 0 spiro atoms. The largest absolute Gasteiger partial charge is 0.313 e. The van der Waals surface area contributed by atoms with Crippen molar-refractivity contribution in [2.45, 2.75) is 20.3 Å². The molecule has 0 amide bonds. The lowest BCUT2D eigenvalue weighted by atomic mass is 10.2. The predicted octanol–water partition coefficient (Wildman–Crippen LogP) is 3.79. The van der Waals surface area contributed by atoms with Crippen molar-refractivity contribution in [3.8, 4) is 12.3 Å². The highest BCUT2D eigenvalue weighted by Crippen LogP contribution is 1.92. The first-order valence-corrected chi connectivity index (χ1v) is 6.25. The molecule has 0 radical (unpaired) electrons. The van der Waals surface area contributed by atoms with Gasteiger partial charge in [-0.2, -0.15) is 0 Å². The van der Waals surface area contributed by atoms with Crippen LogP contribution in [0.1, 0.15) is 20.3 Å². The molecule has 1 nitrogen and oxygen atoms in total. The van der Waals surface area contributed by atoms with Crippen molar-refractivity contribution in [1.29, 1.82) is 0 Å². The monoisotopic (exact) mass is 241 g/mol. The lowest BCUT2D eigenvalue weighted by Gasteiger charge is -2.01. The van der Waals surface area contributed by atoms with E-state index in [4.69, 9.17) is 6.42 Å². The third-order valence-corrected chi connectivity index (χ3v) is 2.13. The minimum Gasteiger partial charge on any atom is -0.313 e. The highest BCUT2D eigenvalue weighted by molar-refractivity contribution is 5.16. The molecule has 0 atom stereocenters. The number of hydrogen-bond acceptors (Lipinski definition) is 1. The SMILES string of the molecule is C#C/C=C\C=C/CCNC/C(C)=C/C=C\C=C/C. The van der Waals surface area contributed by atoms with Crippen LogP contribution in [-0.4, -0.2) is 13.1 Å². The molecular formula is C17H23N. The van der Waals surface area contributed by atoms with E-state index < -0.39 is 0 Å². The molecule has 0 aliphatic rings. The van der Waals surface area contributed by atoms with Crippen LogP contribution < -0.4 is 5.32 Å². The zero-order valence-electron chi connectivity index (χ0n) is 11.4. The summed E-state index contributed by atoms with van der Waals surface area (Å²) in [6.07, 6.45) is 24.0. The Labute approximate surface area is 112 Å². The van der Waals surface area contributed by atoms with E-state index in [1.807, 2.05) is 37.3 Å². The van der Waals surface area contributed by atoms with Crippen LogP contribution in [0.3, 0.4) is 0 Å². The van der Waals surface area contributed by atoms with Gasteiger partial charge in [-0.3, -0.25) is 0 Å². The van der Waals surface area contributed by atoms with Crippen molar-refractivity contribution >= 4 is 0 Å². The first-order chi connectivity index (χ1) is 8.81. The summed E-state index contributed by atoms with van der Waals surface area (Å²) in [4.78, 5) is 0. The van der Waals surface area contributed by atoms with Crippen LogP contribution >= 0.6 is 0 Å². The Morgan fingerprint density at radius 3 is 2.72 bits per heavy atom. The van der Waals surface area contributed by atoms with Gasteiger partial charge < -0.3 is 5.32 Å². The van der Waals surface area contributed by atoms with E-state index in [9.17, 15) is 0 Å². The standard InChI is InChI=1S/C17H23N/c1-4-6-8-10-11-13-15-18-16-17(3)14-12-9-7-5-2/h1,5-12,14,18H,13,15-16H2,2-3H3/b7-5-,8-6-,11-10-,12-9-,17-14+. The van der Waals surface area contributed by atoms with Crippen molar-refractivity contribution < 1.29 is 0 Å². The lowest BCUT2D eigenvalue weighted by Crippen LogP contribution is -2.16. The Kier molecular flexibility index (Phi) is 12.0. The molecular weight excluding hydrogens is 218 g/mol. The van der Waals surface area contributed by atoms with E-state index in [2.05, 4.69) is 36.4 Å². The Morgan fingerprint density at radius 1 is 1.17 bits per heavy atom. The summed E-state index contributed by atoms with van der Waals surface area (Å²) < 4.78 is 0. The summed E-state index contributed by atoms with van der Waals surface area (Å²) in [5.74, 6) is 2.45. The molecule has 96 valence electrons. The van der Waals surface area contributed by atoms with Crippen LogP contribution in [0, 0.1) is 12.3 Å². The van der Waals surface area contributed by atoms with Crippen LogP contribution in [0.4, 0.5) is 0 Å². The molecule has 0 rings (SSSR count). The smallest absolute Gasteiger partial charge is 0.0165 e. The van der Waals surface area contributed by atoms with Gasteiger partial charge in [-0.15, -0.1) is 6.42 Å². The van der Waals surface area contributed by atoms with Gasteiger partial charge in [-0.05, 0) is 32.9 Å². The molecule has 0 saturated heterocycles. The van der Waals surface area contributed by atoms with Crippen molar-refractivity contribution in [2.75, 3.05) is 13.1 Å². The summed E-state index contributed by atoms with van der Waals surface area (Å²) in [5, 5.41) is 3.38. The average molecular weight is 241 g/mol. The van der Waals surface area contributed by atoms with Gasteiger partial charge >= 0.3 is 0 Å². The fourth-order valence-electron chi connectivity index (χ4n) is 1.21. The van der Waals surface area contributed by atoms with Crippen LogP contribution in [0.2, 0.25) is 0 Å². The zero-order valence-corrected chi connectivity index (χ0v) is 11.4. The van der Waals surface area contributed by atoms with Gasteiger partial charge in [0.05, 0.1) is 0 Å². The molecule has 0 fully saturated rings. The molecule has 0 aromatic heterocycles. The van der Waals surface area contributed by atoms with Gasteiger partial charge in [-0.1, -0.05) is 60.1 Å². The summed E-state index contributed by atoms with van der Waals surface area (Å²) in [6.45, 7) is 6.03. The quantitative estimate of drug-likeness (QED) is 0.387. The Hall–Kier alpha value is -1.78. The molecule has 0 aromatic carbocycles.